The average Bonchev–Trinajstić information content (AvgIpc) is 3.11. The van der Waals surface area contributed by atoms with Gasteiger partial charge < -0.3 is 14.2 Å². The summed E-state index contributed by atoms with van der Waals surface area (Å²) >= 11 is 0. The number of ether oxygens (including phenoxy) is 3. The van der Waals surface area contributed by atoms with E-state index in [1.165, 1.54) is 37.7 Å². The van der Waals surface area contributed by atoms with E-state index >= 15 is 0 Å². The largest absolute Gasteiger partial charge is 0.494 e. The van der Waals surface area contributed by atoms with Crippen LogP contribution >= 0.6 is 0 Å². The average molecular weight is 460 g/mol. The summed E-state index contributed by atoms with van der Waals surface area (Å²) in [5.74, 6) is 1.85. The van der Waals surface area contributed by atoms with Crippen LogP contribution < -0.4 is 9.47 Å². The van der Waals surface area contributed by atoms with E-state index in [4.69, 9.17) is 14.2 Å². The van der Waals surface area contributed by atoms with Crippen molar-refractivity contribution in [3.8, 4) is 11.5 Å². The number of carbonyl (C=O) groups excluding carboxylic acids is 1. The van der Waals surface area contributed by atoms with Crippen molar-refractivity contribution in [1.29, 1.82) is 0 Å². The van der Waals surface area contributed by atoms with Crippen molar-refractivity contribution in [3.05, 3.63) is 23.8 Å². The van der Waals surface area contributed by atoms with Gasteiger partial charge in [-0.05, 0) is 77.7 Å². The van der Waals surface area contributed by atoms with E-state index in [1.54, 1.807) is 0 Å². The van der Waals surface area contributed by atoms with Gasteiger partial charge in [-0.25, -0.2) is 0 Å². The summed E-state index contributed by atoms with van der Waals surface area (Å²) in [6.07, 6.45) is 10.3. The van der Waals surface area contributed by atoms with Gasteiger partial charge in [-0.15, -0.1) is 0 Å². The lowest BCUT2D eigenvalue weighted by Crippen LogP contribution is -2.51. The highest BCUT2D eigenvalue weighted by atomic mass is 16.6. The zero-order valence-corrected chi connectivity index (χ0v) is 21.6. The highest BCUT2D eigenvalue weighted by molar-refractivity contribution is 5.76. The molecule has 0 amide bonds. The van der Waals surface area contributed by atoms with Gasteiger partial charge in [0.15, 0.2) is 0 Å². The predicted molar refractivity (Wildman–Crippen MR) is 133 cm³/mol. The van der Waals surface area contributed by atoms with Gasteiger partial charge in [-0.2, -0.15) is 0 Å². The number of piperidine rings is 1. The molecule has 1 spiro atoms. The third-order valence-electron chi connectivity index (χ3n) is 7.05. The molecule has 186 valence electrons. The number of hydrogen-bond acceptors (Lipinski definition) is 5. The normalized spacial score (nSPS) is 18.6. The van der Waals surface area contributed by atoms with Gasteiger partial charge in [0.05, 0.1) is 13.2 Å². The molecule has 5 nitrogen and oxygen atoms in total. The Morgan fingerprint density at radius 3 is 2.45 bits per heavy atom. The molecule has 0 bridgehead atoms. The minimum absolute atomic E-state index is 0.0254. The van der Waals surface area contributed by atoms with E-state index in [1.807, 2.05) is 26.8 Å². The van der Waals surface area contributed by atoms with Gasteiger partial charge in [-0.3, -0.25) is 9.69 Å². The molecular weight excluding hydrogens is 414 g/mol. The van der Waals surface area contributed by atoms with E-state index < -0.39 is 5.60 Å². The molecule has 0 N–H and O–H groups in total. The monoisotopic (exact) mass is 459 g/mol. The zero-order chi connectivity index (χ0) is 23.9. The molecule has 1 aromatic carbocycles. The first-order chi connectivity index (χ1) is 15.8. The van der Waals surface area contributed by atoms with Gasteiger partial charge in [0, 0.05) is 11.0 Å². The zero-order valence-electron chi connectivity index (χ0n) is 21.6. The second kappa shape index (κ2) is 11.6. The number of rotatable bonds is 11. The first-order valence-corrected chi connectivity index (χ1v) is 13.1. The van der Waals surface area contributed by atoms with Crippen molar-refractivity contribution in [2.45, 2.75) is 109 Å². The maximum atomic E-state index is 12.7. The molecule has 1 fully saturated rings. The molecule has 2 aliphatic heterocycles. The van der Waals surface area contributed by atoms with Gasteiger partial charge in [0.1, 0.15) is 23.1 Å². The van der Waals surface area contributed by atoms with Crippen LogP contribution in [0.15, 0.2) is 18.2 Å². The summed E-state index contributed by atoms with van der Waals surface area (Å²) in [6, 6.07) is 6.15. The second-order valence-electron chi connectivity index (χ2n) is 10.8. The van der Waals surface area contributed by atoms with Crippen molar-refractivity contribution in [2.75, 3.05) is 26.3 Å². The van der Waals surface area contributed by atoms with Crippen LogP contribution in [0, 0.1) is 0 Å². The van der Waals surface area contributed by atoms with Crippen LogP contribution in [0.3, 0.4) is 0 Å². The van der Waals surface area contributed by atoms with E-state index in [0.29, 0.717) is 0 Å². The van der Waals surface area contributed by atoms with Gasteiger partial charge in [0.2, 0.25) is 0 Å². The molecule has 33 heavy (non-hydrogen) atoms. The highest BCUT2D eigenvalue weighted by Gasteiger charge is 2.45. The summed E-state index contributed by atoms with van der Waals surface area (Å²) in [6.45, 7) is 13.4. The summed E-state index contributed by atoms with van der Waals surface area (Å²) in [5.41, 5.74) is 0.858. The number of likely N-dealkylation sites (tertiary alicyclic amines) is 1. The van der Waals surface area contributed by atoms with E-state index in [0.717, 1.165) is 63.5 Å². The number of benzene rings is 1. The molecule has 1 saturated heterocycles. The fraction of sp³-hybridized carbons (Fsp3) is 0.750. The van der Waals surface area contributed by atoms with Crippen molar-refractivity contribution in [1.82, 2.24) is 4.90 Å². The number of nitrogens with zero attached hydrogens (tertiary/aromatic N) is 1. The number of esters is 1. The molecule has 1 unspecified atom stereocenters. The number of fused-ring (bicyclic) bond motifs is 2. The Labute approximate surface area is 201 Å². The fourth-order valence-corrected chi connectivity index (χ4v) is 5.13. The number of unbranched alkanes of at least 4 members (excludes halogenated alkanes) is 5. The SMILES string of the molecule is CCCCCCCCOc1ccc2c(c1)C1(CCN(C(CC)C(=O)OC(C)(C)C)CC1)CO2. The molecule has 1 atom stereocenters. The molecule has 0 saturated carbocycles. The van der Waals surface area contributed by atoms with Crippen LogP contribution in [-0.4, -0.2) is 48.8 Å². The molecule has 0 aromatic heterocycles. The lowest BCUT2D eigenvalue weighted by Gasteiger charge is -2.41. The summed E-state index contributed by atoms with van der Waals surface area (Å²) in [7, 11) is 0. The third-order valence-corrected chi connectivity index (χ3v) is 7.05. The van der Waals surface area contributed by atoms with Crippen molar-refractivity contribution < 1.29 is 19.0 Å². The minimum atomic E-state index is -0.453. The summed E-state index contributed by atoms with van der Waals surface area (Å²) < 4.78 is 17.9. The first-order valence-electron chi connectivity index (χ1n) is 13.1. The van der Waals surface area contributed by atoms with Crippen molar-refractivity contribution in [3.63, 3.8) is 0 Å². The van der Waals surface area contributed by atoms with Crippen LogP contribution in [-0.2, 0) is 14.9 Å². The van der Waals surface area contributed by atoms with Gasteiger partial charge >= 0.3 is 5.97 Å². The van der Waals surface area contributed by atoms with Crippen LogP contribution in [0.1, 0.15) is 98.0 Å². The minimum Gasteiger partial charge on any atom is -0.494 e. The standard InChI is InChI=1S/C28H45NO4/c1-6-8-9-10-11-12-19-31-22-13-14-25-23(20-22)28(21-32-25)15-17-29(18-16-28)24(7-2)26(30)33-27(3,4)5/h13-14,20,24H,6-12,15-19,21H2,1-5H3. The van der Waals surface area contributed by atoms with Crippen LogP contribution in [0.2, 0.25) is 0 Å². The summed E-state index contributed by atoms with van der Waals surface area (Å²) in [5, 5.41) is 0. The van der Waals surface area contributed by atoms with E-state index in [2.05, 4.69) is 30.9 Å². The molecule has 0 aliphatic carbocycles. The predicted octanol–water partition coefficient (Wildman–Crippen LogP) is 6.27. The topological polar surface area (TPSA) is 48.0 Å². The molecule has 0 radical (unpaired) electrons. The fourth-order valence-electron chi connectivity index (χ4n) is 5.13. The molecule has 2 aliphatic rings. The molecule has 5 heteroatoms. The smallest absolute Gasteiger partial charge is 0.323 e. The van der Waals surface area contributed by atoms with Gasteiger partial charge in [-0.1, -0.05) is 46.0 Å². The lowest BCUT2D eigenvalue weighted by atomic mass is 9.74. The molecule has 3 rings (SSSR count). The van der Waals surface area contributed by atoms with Crippen molar-refractivity contribution in [2.24, 2.45) is 0 Å². The number of hydrogen-bond donors (Lipinski definition) is 0. The Hall–Kier alpha value is -1.75. The Morgan fingerprint density at radius 1 is 1.09 bits per heavy atom. The second-order valence-corrected chi connectivity index (χ2v) is 10.8. The van der Waals surface area contributed by atoms with Crippen LogP contribution in [0.5, 0.6) is 11.5 Å². The Morgan fingerprint density at radius 2 is 1.79 bits per heavy atom. The maximum absolute atomic E-state index is 12.7. The lowest BCUT2D eigenvalue weighted by molar-refractivity contribution is -0.162. The Balaban J connectivity index is 1.56. The maximum Gasteiger partial charge on any atom is 0.323 e. The Kier molecular flexibility index (Phi) is 9.09. The molecular formula is C28H45NO4. The van der Waals surface area contributed by atoms with Crippen LogP contribution in [0.4, 0.5) is 0 Å². The first kappa shape index (κ1) is 25.9. The van der Waals surface area contributed by atoms with Gasteiger partial charge in [0.25, 0.3) is 0 Å². The molecule has 1 aromatic rings. The number of carbonyl (C=O) groups is 1. The highest BCUT2D eigenvalue weighted by Crippen LogP contribution is 2.47. The van der Waals surface area contributed by atoms with Crippen molar-refractivity contribution >= 4 is 5.97 Å². The summed E-state index contributed by atoms with van der Waals surface area (Å²) in [4.78, 5) is 15.0. The van der Waals surface area contributed by atoms with Crippen LogP contribution in [0.25, 0.3) is 0 Å². The third kappa shape index (κ3) is 6.88. The quantitative estimate of drug-likeness (QED) is 0.288. The van der Waals surface area contributed by atoms with E-state index in [-0.39, 0.29) is 17.4 Å². The Bertz CT molecular complexity index is 762. The van der Waals surface area contributed by atoms with E-state index in [9.17, 15) is 4.79 Å². The molecule has 2 heterocycles.